The molecule has 0 aliphatic heterocycles. The molecule has 0 fully saturated rings. The molecule has 0 aromatic heterocycles. The number of hydrogen-bond acceptors (Lipinski definition) is 1. The van der Waals surface area contributed by atoms with Gasteiger partial charge in [0.25, 0.3) is 0 Å². The predicted molar refractivity (Wildman–Crippen MR) is 115 cm³/mol. The number of nitrogens with zero attached hydrogens (tertiary/aromatic N) is 2. The second-order valence-electron chi connectivity index (χ2n) is 9.62. The minimum atomic E-state index is -1.51. The molecule has 0 aromatic carbocycles. The van der Waals surface area contributed by atoms with E-state index in [0.29, 0.717) is 0 Å². The zero-order valence-corrected chi connectivity index (χ0v) is 21.8. The van der Waals surface area contributed by atoms with E-state index in [1.54, 1.807) is 0 Å². The van der Waals surface area contributed by atoms with E-state index in [2.05, 4.69) is 106 Å². The second-order valence-corrected chi connectivity index (χ2v) is 32.4. The van der Waals surface area contributed by atoms with E-state index in [-0.39, 0.29) is 5.16 Å². The number of rotatable bonds is 4. The Balaban J connectivity index is 6.48. The molecule has 2 nitrogen and oxygen atoms in total. The number of halogens is 1. The van der Waals surface area contributed by atoms with E-state index < -0.39 is 29.6 Å². The summed E-state index contributed by atoms with van der Waals surface area (Å²) in [5, 5.41) is 0.258. The lowest BCUT2D eigenvalue weighted by Gasteiger charge is -2.54. The van der Waals surface area contributed by atoms with Crippen LogP contribution in [0.2, 0.25) is 58.9 Å². The molecule has 1 atom stereocenters. The van der Waals surface area contributed by atoms with Gasteiger partial charge in [-0.15, -0.1) is 0 Å². The molecule has 7 heteroatoms. The first kappa shape index (κ1) is 21.6. The average molecular weight is 463 g/mol. The van der Waals surface area contributed by atoms with Crippen LogP contribution in [-0.4, -0.2) is 33.9 Å². The van der Waals surface area contributed by atoms with Crippen LogP contribution in [0, 0.1) is 0 Å². The Labute approximate surface area is 144 Å². The van der Waals surface area contributed by atoms with E-state index in [9.17, 15) is 0 Å². The molecule has 122 valence electrons. The Hall–Kier alpha value is 1.57. The van der Waals surface area contributed by atoms with Crippen molar-refractivity contribution in [3.63, 3.8) is 0 Å². The van der Waals surface area contributed by atoms with E-state index >= 15 is 0 Å². The highest BCUT2D eigenvalue weighted by atomic mass is 127. The first-order chi connectivity index (χ1) is 8.32. The van der Waals surface area contributed by atoms with Gasteiger partial charge in [-0.25, -0.2) is 0 Å². The van der Waals surface area contributed by atoms with Gasteiger partial charge in [0.2, 0.25) is 0 Å². The molecule has 0 saturated heterocycles. The molecule has 0 saturated carbocycles. The molecule has 0 bridgehead atoms. The van der Waals surface area contributed by atoms with Gasteiger partial charge in [0, 0.05) is 5.16 Å². The molecule has 0 spiro atoms. The molecule has 0 heterocycles. The fourth-order valence-electron chi connectivity index (χ4n) is 2.69. The van der Waals surface area contributed by atoms with Crippen LogP contribution < -0.4 is 0 Å². The summed E-state index contributed by atoms with van der Waals surface area (Å²) in [5.41, 5.74) is 0. The normalized spacial score (nSPS) is 18.1. The van der Waals surface area contributed by atoms with E-state index in [4.69, 9.17) is 4.41 Å². The highest BCUT2D eigenvalue weighted by Crippen LogP contribution is 2.73. The van der Waals surface area contributed by atoms with E-state index in [1.807, 2.05) is 0 Å². The summed E-state index contributed by atoms with van der Waals surface area (Å²) in [6.45, 7) is 29.4. The summed E-state index contributed by atoms with van der Waals surface area (Å²) in [7, 11) is -4.26. The lowest BCUT2D eigenvalue weighted by Crippen LogP contribution is -2.58. The van der Waals surface area contributed by atoms with Crippen LogP contribution in [0.4, 0.5) is 0 Å². The van der Waals surface area contributed by atoms with Gasteiger partial charge >= 0.3 is 0 Å². The van der Waals surface area contributed by atoms with Crippen molar-refractivity contribution in [1.29, 1.82) is 0 Å². The monoisotopic (exact) mass is 462 g/mol. The van der Waals surface area contributed by atoms with Crippen molar-refractivity contribution in [2.45, 2.75) is 84.9 Å². The molecule has 0 aromatic rings. The molecule has 1 unspecified atom stereocenters. The van der Waals surface area contributed by atoms with Crippen molar-refractivity contribution in [3.05, 3.63) is 0 Å². The quantitative estimate of drug-likeness (QED) is 0.248. The Morgan fingerprint density at radius 2 is 1.10 bits per heavy atom. The van der Waals surface area contributed by atoms with Crippen LogP contribution in [0.25, 0.3) is 0 Å². The highest BCUT2D eigenvalue weighted by molar-refractivity contribution is 14.2. The molecule has 20 heavy (non-hydrogen) atoms. The minimum absolute atomic E-state index is 0.258. The first-order valence-electron chi connectivity index (χ1n) is 7.46. The fourth-order valence-corrected chi connectivity index (χ4v) is 42.5. The summed E-state index contributed by atoms with van der Waals surface area (Å²) < 4.78 is 8.57. The van der Waals surface area contributed by atoms with Gasteiger partial charge in [0.15, 0.2) is 8.24 Å². The Kier molecular flexibility index (Phi) is 6.72. The molecular weight excluding hydrogens is 426 g/mol. The lowest BCUT2D eigenvalue weighted by molar-refractivity contribution is 0.753. The second kappa shape index (κ2) is 6.23. The maximum absolute atomic E-state index is 5.58. The lowest BCUT2D eigenvalue weighted by atomic mass is 10.3. The van der Waals surface area contributed by atoms with Crippen LogP contribution in [0.1, 0.15) is 20.8 Å². The van der Waals surface area contributed by atoms with Crippen LogP contribution in [0.3, 0.4) is 0 Å². The van der Waals surface area contributed by atoms with Gasteiger partial charge < -0.3 is 8.41 Å². The summed E-state index contributed by atoms with van der Waals surface area (Å²) in [6.07, 6.45) is 0. The molecule has 0 rings (SSSR count). The Morgan fingerprint density at radius 3 is 1.25 bits per heavy atom. The molecule has 0 amide bonds. The maximum Gasteiger partial charge on any atom is 0.173 e. The molecule has 0 N–H and O–H groups in total. The van der Waals surface area contributed by atoms with Crippen molar-refractivity contribution in [2.75, 3.05) is 0 Å². The van der Waals surface area contributed by atoms with Crippen molar-refractivity contribution >= 4 is 51.6 Å². The zero-order valence-electron chi connectivity index (χ0n) is 15.7. The standard InChI is InChI=1S/C13H36IN2PSi3/c1-13(2,3)17(14,15-18(4,5)6)16(19(7,8)9)20(10,11)12/h1-12H3. The first-order valence-corrected chi connectivity index (χ1v) is 22.3. The van der Waals surface area contributed by atoms with Gasteiger partial charge in [-0.1, -0.05) is 79.7 Å². The summed E-state index contributed by atoms with van der Waals surface area (Å²) >= 11 is 2.79. The molecular formula is C13H36IN2PSi3. The van der Waals surface area contributed by atoms with Crippen molar-refractivity contribution in [2.24, 2.45) is 4.41 Å². The summed E-state index contributed by atoms with van der Waals surface area (Å²) in [6, 6.07) is 0. The van der Waals surface area contributed by atoms with Gasteiger partial charge in [-0.3, -0.25) is 0 Å². The smallest absolute Gasteiger partial charge is 0.173 e. The van der Waals surface area contributed by atoms with E-state index in [1.165, 1.54) is 0 Å². The SMILES string of the molecule is CC(C)(C)P(I)(=N[Si](C)(C)C)N([Si](C)(C)C)[Si](C)(C)C. The van der Waals surface area contributed by atoms with Crippen LogP contribution in [0.15, 0.2) is 4.41 Å². The van der Waals surface area contributed by atoms with Crippen molar-refractivity contribution < 1.29 is 0 Å². The topological polar surface area (TPSA) is 15.6 Å². The predicted octanol–water partition coefficient (Wildman–Crippen LogP) is 7.06. The molecule has 0 aliphatic carbocycles. The summed E-state index contributed by atoms with van der Waals surface area (Å²) in [5.74, 6) is 0. The largest absolute Gasteiger partial charge is 0.317 e. The third-order valence-corrected chi connectivity index (χ3v) is 30.4. The average Bonchev–Trinajstić information content (AvgIpc) is 1.89. The van der Waals surface area contributed by atoms with Crippen LogP contribution in [0.5, 0.6) is 0 Å². The fraction of sp³-hybridized carbons (Fsp3) is 1.00. The highest BCUT2D eigenvalue weighted by Gasteiger charge is 2.48. The van der Waals surface area contributed by atoms with Gasteiger partial charge in [0.05, 0.1) is 4.85 Å². The molecule has 0 aliphatic rings. The summed E-state index contributed by atoms with van der Waals surface area (Å²) in [4.78, 5) is -1.51. The van der Waals surface area contributed by atoms with Gasteiger partial charge in [-0.2, -0.15) is 0 Å². The van der Waals surface area contributed by atoms with Crippen molar-refractivity contribution in [3.8, 4) is 0 Å². The van der Waals surface area contributed by atoms with E-state index in [0.717, 1.165) is 0 Å². The van der Waals surface area contributed by atoms with Crippen LogP contribution in [-0.2, 0) is 0 Å². The minimum Gasteiger partial charge on any atom is -0.317 e. The third-order valence-electron chi connectivity index (χ3n) is 2.82. The molecule has 0 radical (unpaired) electrons. The Morgan fingerprint density at radius 1 is 0.800 bits per heavy atom. The maximum atomic E-state index is 5.58. The third kappa shape index (κ3) is 5.65. The zero-order chi connectivity index (χ0) is 16.8. The van der Waals surface area contributed by atoms with Gasteiger partial charge in [0.1, 0.15) is 16.5 Å². The van der Waals surface area contributed by atoms with Gasteiger partial charge in [-0.05, 0) is 22.0 Å². The number of hydrogen-bond donors (Lipinski definition) is 0. The Bertz CT molecular complexity index is 384. The van der Waals surface area contributed by atoms with Crippen molar-refractivity contribution in [1.82, 2.24) is 4.00 Å². The van der Waals surface area contributed by atoms with Crippen LogP contribution >= 0.6 is 26.9 Å².